The third kappa shape index (κ3) is 3.49. The summed E-state index contributed by atoms with van der Waals surface area (Å²) in [6.07, 6.45) is 0. The molecule has 0 saturated carbocycles. The zero-order valence-corrected chi connectivity index (χ0v) is 12.3. The molecule has 0 aliphatic carbocycles. The van der Waals surface area contributed by atoms with Crippen LogP contribution < -0.4 is 0 Å². The van der Waals surface area contributed by atoms with Gasteiger partial charge in [-0.15, -0.1) is 0 Å². The van der Waals surface area contributed by atoms with Crippen LogP contribution in [0.2, 0.25) is 0 Å². The monoisotopic (exact) mass is 291 g/mol. The fraction of sp³-hybridized carbons (Fsp3) is 0.312. The molecule has 1 aromatic carbocycles. The number of furan rings is 1. The molecule has 0 aliphatic heterocycles. The third-order valence-electron chi connectivity index (χ3n) is 3.46. The van der Waals surface area contributed by atoms with E-state index in [1.54, 1.807) is 30.3 Å². The van der Waals surface area contributed by atoms with Gasteiger partial charge in [-0.05, 0) is 32.2 Å². The van der Waals surface area contributed by atoms with Gasteiger partial charge >= 0.3 is 5.97 Å². The number of carbonyl (C=O) groups excluding carboxylic acids is 1. The molecule has 0 amide bonds. The SMILES string of the molecule is COC(=O)c1ccc(C(C)N(C)Cc2ccccc2F)o1. The molecule has 2 rings (SSSR count). The molecule has 21 heavy (non-hydrogen) atoms. The number of benzene rings is 1. The predicted molar refractivity (Wildman–Crippen MR) is 76.3 cm³/mol. The van der Waals surface area contributed by atoms with Crippen LogP contribution in [0, 0.1) is 5.82 Å². The Labute approximate surface area is 123 Å². The Morgan fingerprint density at radius 3 is 2.71 bits per heavy atom. The summed E-state index contributed by atoms with van der Waals surface area (Å²) in [5, 5.41) is 0. The molecule has 0 N–H and O–H groups in total. The molecule has 1 unspecified atom stereocenters. The molecule has 0 saturated heterocycles. The normalized spacial score (nSPS) is 12.4. The predicted octanol–water partition coefficient (Wildman–Crippen LogP) is 3.40. The second-order valence-electron chi connectivity index (χ2n) is 4.88. The summed E-state index contributed by atoms with van der Waals surface area (Å²) in [4.78, 5) is 13.3. The number of methoxy groups -OCH3 is 1. The number of carbonyl (C=O) groups is 1. The zero-order valence-electron chi connectivity index (χ0n) is 12.3. The highest BCUT2D eigenvalue weighted by Gasteiger charge is 2.19. The third-order valence-corrected chi connectivity index (χ3v) is 3.46. The summed E-state index contributed by atoms with van der Waals surface area (Å²) in [6, 6.07) is 9.87. The molecule has 5 heteroatoms. The van der Waals surface area contributed by atoms with Crippen LogP contribution in [0.1, 0.15) is 34.8 Å². The lowest BCUT2D eigenvalue weighted by molar-refractivity contribution is 0.0559. The van der Waals surface area contributed by atoms with Gasteiger partial charge in [0.1, 0.15) is 11.6 Å². The van der Waals surface area contributed by atoms with Crippen molar-refractivity contribution in [2.75, 3.05) is 14.2 Å². The summed E-state index contributed by atoms with van der Waals surface area (Å²) < 4.78 is 23.7. The van der Waals surface area contributed by atoms with E-state index in [0.29, 0.717) is 17.9 Å². The van der Waals surface area contributed by atoms with Gasteiger partial charge in [0.2, 0.25) is 5.76 Å². The maximum absolute atomic E-state index is 13.7. The smallest absolute Gasteiger partial charge is 0.373 e. The molecule has 1 aromatic heterocycles. The lowest BCUT2D eigenvalue weighted by Gasteiger charge is -2.23. The van der Waals surface area contributed by atoms with E-state index >= 15 is 0 Å². The van der Waals surface area contributed by atoms with E-state index in [0.717, 1.165) is 0 Å². The number of rotatable bonds is 5. The summed E-state index contributed by atoms with van der Waals surface area (Å²) in [5.74, 6) is 0.0596. The van der Waals surface area contributed by atoms with Crippen molar-refractivity contribution in [3.63, 3.8) is 0 Å². The molecule has 4 nitrogen and oxygen atoms in total. The Morgan fingerprint density at radius 1 is 1.33 bits per heavy atom. The van der Waals surface area contributed by atoms with E-state index in [-0.39, 0.29) is 17.6 Å². The van der Waals surface area contributed by atoms with Crippen molar-refractivity contribution in [3.05, 3.63) is 59.3 Å². The minimum Gasteiger partial charge on any atom is -0.463 e. The highest BCUT2D eigenvalue weighted by atomic mass is 19.1. The van der Waals surface area contributed by atoms with Crippen LogP contribution >= 0.6 is 0 Å². The molecule has 112 valence electrons. The topological polar surface area (TPSA) is 42.7 Å². The van der Waals surface area contributed by atoms with Crippen molar-refractivity contribution in [2.45, 2.75) is 19.5 Å². The number of esters is 1. The average molecular weight is 291 g/mol. The van der Waals surface area contributed by atoms with Gasteiger partial charge in [0.15, 0.2) is 0 Å². The van der Waals surface area contributed by atoms with Gasteiger partial charge in [0, 0.05) is 12.1 Å². The average Bonchev–Trinajstić information content (AvgIpc) is 2.97. The summed E-state index contributed by atoms with van der Waals surface area (Å²) >= 11 is 0. The summed E-state index contributed by atoms with van der Waals surface area (Å²) in [7, 11) is 3.18. The molecule has 0 spiro atoms. The first-order valence-electron chi connectivity index (χ1n) is 6.64. The van der Waals surface area contributed by atoms with Crippen molar-refractivity contribution in [2.24, 2.45) is 0 Å². The van der Waals surface area contributed by atoms with Gasteiger partial charge in [0.05, 0.1) is 13.2 Å². The van der Waals surface area contributed by atoms with Crippen molar-refractivity contribution < 1.29 is 18.3 Å². The van der Waals surface area contributed by atoms with E-state index in [1.807, 2.05) is 18.9 Å². The number of halogens is 1. The largest absolute Gasteiger partial charge is 0.463 e. The van der Waals surface area contributed by atoms with Crippen LogP contribution in [0.15, 0.2) is 40.8 Å². The number of ether oxygens (including phenoxy) is 1. The van der Waals surface area contributed by atoms with Crippen LogP contribution in [-0.4, -0.2) is 25.0 Å². The van der Waals surface area contributed by atoms with Crippen LogP contribution in [0.25, 0.3) is 0 Å². The van der Waals surface area contributed by atoms with Gasteiger partial charge in [-0.3, -0.25) is 4.90 Å². The van der Waals surface area contributed by atoms with E-state index in [2.05, 4.69) is 4.74 Å². The fourth-order valence-corrected chi connectivity index (χ4v) is 2.04. The lowest BCUT2D eigenvalue weighted by atomic mass is 10.1. The van der Waals surface area contributed by atoms with Crippen LogP contribution in [0.3, 0.4) is 0 Å². The van der Waals surface area contributed by atoms with Crippen molar-refractivity contribution in [1.82, 2.24) is 4.90 Å². The van der Waals surface area contributed by atoms with Gasteiger partial charge in [-0.1, -0.05) is 18.2 Å². The van der Waals surface area contributed by atoms with Gasteiger partial charge in [0.25, 0.3) is 0 Å². The van der Waals surface area contributed by atoms with Crippen molar-refractivity contribution in [3.8, 4) is 0 Å². The Balaban J connectivity index is 2.09. The zero-order chi connectivity index (χ0) is 15.4. The number of hydrogen-bond donors (Lipinski definition) is 0. The molecule has 0 fully saturated rings. The highest BCUT2D eigenvalue weighted by molar-refractivity contribution is 5.86. The van der Waals surface area contributed by atoms with E-state index < -0.39 is 5.97 Å². The Hall–Kier alpha value is -2.14. The maximum Gasteiger partial charge on any atom is 0.373 e. The van der Waals surface area contributed by atoms with Crippen molar-refractivity contribution in [1.29, 1.82) is 0 Å². The van der Waals surface area contributed by atoms with Gasteiger partial charge in [-0.2, -0.15) is 0 Å². The second-order valence-corrected chi connectivity index (χ2v) is 4.88. The van der Waals surface area contributed by atoms with Gasteiger partial charge < -0.3 is 9.15 Å². The first kappa shape index (κ1) is 15.3. The van der Waals surface area contributed by atoms with E-state index in [4.69, 9.17) is 4.42 Å². The Bertz CT molecular complexity index is 623. The molecule has 0 bridgehead atoms. The quantitative estimate of drug-likeness (QED) is 0.792. The van der Waals surface area contributed by atoms with Crippen LogP contribution in [0.4, 0.5) is 4.39 Å². The molecular formula is C16H18FNO3. The van der Waals surface area contributed by atoms with Crippen LogP contribution in [0.5, 0.6) is 0 Å². The second kappa shape index (κ2) is 6.54. The maximum atomic E-state index is 13.7. The number of hydrogen-bond acceptors (Lipinski definition) is 4. The first-order valence-corrected chi connectivity index (χ1v) is 6.64. The van der Waals surface area contributed by atoms with E-state index in [1.165, 1.54) is 13.2 Å². The molecule has 0 aliphatic rings. The fourth-order valence-electron chi connectivity index (χ4n) is 2.04. The highest BCUT2D eigenvalue weighted by Crippen LogP contribution is 2.23. The minimum absolute atomic E-state index is 0.0944. The van der Waals surface area contributed by atoms with Crippen LogP contribution in [-0.2, 0) is 11.3 Å². The molecule has 1 heterocycles. The summed E-state index contributed by atoms with van der Waals surface area (Å²) in [5.41, 5.74) is 0.617. The first-order chi connectivity index (χ1) is 10.0. The molecule has 0 radical (unpaired) electrons. The number of nitrogens with zero attached hydrogens (tertiary/aromatic N) is 1. The van der Waals surface area contributed by atoms with Crippen molar-refractivity contribution >= 4 is 5.97 Å². The Morgan fingerprint density at radius 2 is 2.05 bits per heavy atom. The van der Waals surface area contributed by atoms with Gasteiger partial charge in [-0.25, -0.2) is 9.18 Å². The van der Waals surface area contributed by atoms with E-state index in [9.17, 15) is 9.18 Å². The molecular weight excluding hydrogens is 273 g/mol. The summed E-state index contributed by atoms with van der Waals surface area (Å²) in [6.45, 7) is 2.38. The minimum atomic E-state index is -0.509. The lowest BCUT2D eigenvalue weighted by Crippen LogP contribution is -2.22. The Kier molecular flexibility index (Phi) is 4.75. The molecule has 2 aromatic rings. The molecule has 1 atom stereocenters. The standard InChI is InChI=1S/C16H18FNO3/c1-11(14-8-9-15(21-14)16(19)20-3)18(2)10-12-6-4-5-7-13(12)17/h4-9,11H,10H2,1-3H3.